The molecule has 2 heteroatoms. The minimum absolute atomic E-state index is 0.540. The van der Waals surface area contributed by atoms with Crippen molar-refractivity contribution in [1.82, 2.24) is 0 Å². The molecular formula is C24H27NO. The summed E-state index contributed by atoms with van der Waals surface area (Å²) in [6.45, 7) is 2.73. The summed E-state index contributed by atoms with van der Waals surface area (Å²) < 4.78 is 5.53. The monoisotopic (exact) mass is 345 g/mol. The molecule has 3 aromatic rings. The van der Waals surface area contributed by atoms with Gasteiger partial charge in [0.05, 0.1) is 6.61 Å². The van der Waals surface area contributed by atoms with Crippen molar-refractivity contribution in [2.75, 3.05) is 11.9 Å². The lowest BCUT2D eigenvalue weighted by Gasteiger charge is -2.31. The summed E-state index contributed by atoms with van der Waals surface area (Å²) in [5, 5.41) is 6.41. The van der Waals surface area contributed by atoms with E-state index in [0.717, 1.165) is 5.75 Å². The highest BCUT2D eigenvalue weighted by atomic mass is 16.5. The molecule has 1 N–H and O–H groups in total. The summed E-state index contributed by atoms with van der Waals surface area (Å²) in [7, 11) is 0. The van der Waals surface area contributed by atoms with Crippen molar-refractivity contribution in [3.05, 3.63) is 72.3 Å². The molecule has 0 amide bonds. The molecule has 0 aliphatic heterocycles. The first kappa shape index (κ1) is 17.0. The molecule has 26 heavy (non-hydrogen) atoms. The fraction of sp³-hybridized carbons (Fsp3) is 0.333. The van der Waals surface area contributed by atoms with Crippen molar-refractivity contribution in [1.29, 1.82) is 0 Å². The van der Waals surface area contributed by atoms with Gasteiger partial charge in [0.25, 0.3) is 0 Å². The van der Waals surface area contributed by atoms with E-state index in [1.807, 2.05) is 6.92 Å². The number of benzene rings is 3. The van der Waals surface area contributed by atoms with Crippen molar-refractivity contribution in [2.45, 2.75) is 44.6 Å². The second-order valence-corrected chi connectivity index (χ2v) is 7.27. The molecule has 2 nitrogen and oxygen atoms in total. The van der Waals surface area contributed by atoms with Gasteiger partial charge in [-0.05, 0) is 72.7 Å². The first-order chi connectivity index (χ1) is 12.8. The van der Waals surface area contributed by atoms with Crippen LogP contribution in [0.15, 0.2) is 66.7 Å². The highest BCUT2D eigenvalue weighted by Crippen LogP contribution is 2.35. The zero-order valence-corrected chi connectivity index (χ0v) is 15.4. The van der Waals surface area contributed by atoms with E-state index in [4.69, 9.17) is 4.74 Å². The van der Waals surface area contributed by atoms with Crippen LogP contribution in [0.2, 0.25) is 0 Å². The molecule has 1 saturated carbocycles. The summed E-state index contributed by atoms with van der Waals surface area (Å²) in [6, 6.07) is 24.5. The van der Waals surface area contributed by atoms with Crippen LogP contribution in [0.5, 0.6) is 5.75 Å². The first-order valence-electron chi connectivity index (χ1n) is 9.80. The molecular weight excluding hydrogens is 318 g/mol. The average Bonchev–Trinajstić information content (AvgIpc) is 2.69. The maximum atomic E-state index is 5.53. The van der Waals surface area contributed by atoms with E-state index in [2.05, 4.69) is 72.0 Å². The maximum absolute atomic E-state index is 5.53. The molecule has 0 saturated heterocycles. The van der Waals surface area contributed by atoms with Crippen LogP contribution in [0, 0.1) is 0 Å². The van der Waals surface area contributed by atoms with E-state index < -0.39 is 0 Å². The lowest BCUT2D eigenvalue weighted by molar-refractivity contribution is 0.340. The highest BCUT2D eigenvalue weighted by Gasteiger charge is 2.23. The van der Waals surface area contributed by atoms with Crippen LogP contribution >= 0.6 is 0 Å². The zero-order chi connectivity index (χ0) is 17.8. The maximum Gasteiger partial charge on any atom is 0.119 e. The lowest BCUT2D eigenvalue weighted by Crippen LogP contribution is -2.26. The topological polar surface area (TPSA) is 21.3 Å². The van der Waals surface area contributed by atoms with Crippen LogP contribution in [0.25, 0.3) is 10.8 Å². The third kappa shape index (κ3) is 3.85. The molecule has 0 bridgehead atoms. The Kier molecular flexibility index (Phi) is 5.10. The van der Waals surface area contributed by atoms with E-state index in [1.165, 1.54) is 47.7 Å². The molecule has 1 aliphatic rings. The summed E-state index contributed by atoms with van der Waals surface area (Å²) in [5.41, 5.74) is 2.68. The number of nitrogens with one attached hydrogen (secondary N) is 1. The lowest BCUT2D eigenvalue weighted by atomic mass is 9.81. The van der Waals surface area contributed by atoms with Crippen molar-refractivity contribution >= 4 is 16.5 Å². The number of hydrogen-bond donors (Lipinski definition) is 1. The third-order valence-corrected chi connectivity index (χ3v) is 5.46. The molecule has 0 radical (unpaired) electrons. The van der Waals surface area contributed by atoms with E-state index in [0.29, 0.717) is 18.6 Å². The van der Waals surface area contributed by atoms with Gasteiger partial charge in [-0.2, -0.15) is 0 Å². The van der Waals surface area contributed by atoms with Gasteiger partial charge in [-0.25, -0.2) is 0 Å². The van der Waals surface area contributed by atoms with Crippen LogP contribution in [0.3, 0.4) is 0 Å². The number of fused-ring (bicyclic) bond motifs is 1. The second kappa shape index (κ2) is 7.82. The van der Waals surface area contributed by atoms with E-state index in [9.17, 15) is 0 Å². The van der Waals surface area contributed by atoms with Crippen molar-refractivity contribution in [3.8, 4) is 5.75 Å². The molecule has 134 valence electrons. The summed E-state index contributed by atoms with van der Waals surface area (Å²) in [5.74, 6) is 1.59. The SMILES string of the molecule is CCOc1ccc(N[C@H]2CCC[C@H](c3ccc4ccccc4c3)C2)cc1. The van der Waals surface area contributed by atoms with Gasteiger partial charge in [0, 0.05) is 11.7 Å². The van der Waals surface area contributed by atoms with Gasteiger partial charge in [0.1, 0.15) is 5.75 Å². The van der Waals surface area contributed by atoms with Gasteiger partial charge < -0.3 is 10.1 Å². The van der Waals surface area contributed by atoms with Crippen LogP contribution in [-0.4, -0.2) is 12.6 Å². The fourth-order valence-corrected chi connectivity index (χ4v) is 4.14. The Bertz CT molecular complexity index is 855. The van der Waals surface area contributed by atoms with Crippen molar-refractivity contribution in [3.63, 3.8) is 0 Å². The number of hydrogen-bond acceptors (Lipinski definition) is 2. The fourth-order valence-electron chi connectivity index (χ4n) is 4.14. The predicted molar refractivity (Wildman–Crippen MR) is 110 cm³/mol. The number of ether oxygens (including phenoxy) is 1. The minimum atomic E-state index is 0.540. The Morgan fingerprint density at radius 2 is 1.73 bits per heavy atom. The van der Waals surface area contributed by atoms with Gasteiger partial charge >= 0.3 is 0 Å². The number of rotatable bonds is 5. The largest absolute Gasteiger partial charge is 0.494 e. The molecule has 1 aliphatic carbocycles. The Morgan fingerprint density at radius 1 is 0.923 bits per heavy atom. The van der Waals surface area contributed by atoms with Crippen LogP contribution in [0.1, 0.15) is 44.1 Å². The zero-order valence-electron chi connectivity index (χ0n) is 15.4. The molecule has 0 spiro atoms. The van der Waals surface area contributed by atoms with Gasteiger partial charge in [0.15, 0.2) is 0 Å². The van der Waals surface area contributed by atoms with Gasteiger partial charge in [-0.1, -0.05) is 48.9 Å². The van der Waals surface area contributed by atoms with Crippen LogP contribution in [-0.2, 0) is 0 Å². The standard InChI is InChI=1S/C24H27NO/c1-2-26-24-14-12-22(13-15-24)25-23-9-5-8-20(17-23)21-11-10-18-6-3-4-7-19(18)16-21/h3-4,6-7,10-16,20,23,25H,2,5,8-9,17H2,1H3/t20-,23-/m0/s1. The molecule has 2 atom stereocenters. The quantitative estimate of drug-likeness (QED) is 0.579. The predicted octanol–water partition coefficient (Wildman–Crippen LogP) is 6.38. The molecule has 0 heterocycles. The van der Waals surface area contributed by atoms with E-state index >= 15 is 0 Å². The van der Waals surface area contributed by atoms with E-state index in [-0.39, 0.29) is 0 Å². The third-order valence-electron chi connectivity index (χ3n) is 5.46. The second-order valence-electron chi connectivity index (χ2n) is 7.27. The molecule has 3 aromatic carbocycles. The normalized spacial score (nSPS) is 20.0. The highest BCUT2D eigenvalue weighted by molar-refractivity contribution is 5.83. The smallest absolute Gasteiger partial charge is 0.119 e. The van der Waals surface area contributed by atoms with Crippen LogP contribution < -0.4 is 10.1 Å². The summed E-state index contributed by atoms with van der Waals surface area (Å²) in [4.78, 5) is 0. The first-order valence-corrected chi connectivity index (χ1v) is 9.80. The molecule has 0 unspecified atom stereocenters. The summed E-state index contributed by atoms with van der Waals surface area (Å²) >= 11 is 0. The average molecular weight is 345 g/mol. The minimum Gasteiger partial charge on any atom is -0.494 e. The number of anilines is 1. The van der Waals surface area contributed by atoms with Crippen LogP contribution in [0.4, 0.5) is 5.69 Å². The Morgan fingerprint density at radius 3 is 2.54 bits per heavy atom. The van der Waals surface area contributed by atoms with Crippen molar-refractivity contribution < 1.29 is 4.74 Å². The van der Waals surface area contributed by atoms with Gasteiger partial charge in [0.2, 0.25) is 0 Å². The van der Waals surface area contributed by atoms with E-state index in [1.54, 1.807) is 0 Å². The Balaban J connectivity index is 1.44. The van der Waals surface area contributed by atoms with Gasteiger partial charge in [-0.3, -0.25) is 0 Å². The van der Waals surface area contributed by atoms with Gasteiger partial charge in [-0.15, -0.1) is 0 Å². The Hall–Kier alpha value is -2.48. The molecule has 4 rings (SSSR count). The van der Waals surface area contributed by atoms with Crippen molar-refractivity contribution in [2.24, 2.45) is 0 Å². The molecule has 1 fully saturated rings. The summed E-state index contributed by atoms with van der Waals surface area (Å²) in [6.07, 6.45) is 5.02. The molecule has 0 aromatic heterocycles. The Labute approximate surface area is 156 Å².